The predicted molar refractivity (Wildman–Crippen MR) is 119 cm³/mol. The van der Waals surface area contributed by atoms with Crippen LogP contribution in [0.1, 0.15) is 48.5 Å². The molecule has 0 unspecified atom stereocenters. The topological polar surface area (TPSA) is 85.5 Å². The lowest BCUT2D eigenvalue weighted by Gasteiger charge is -2.32. The van der Waals surface area contributed by atoms with E-state index < -0.39 is 5.91 Å². The number of rotatable bonds is 6. The summed E-state index contributed by atoms with van der Waals surface area (Å²) in [6.45, 7) is 5.54. The molecule has 0 saturated carbocycles. The lowest BCUT2D eigenvalue weighted by atomic mass is 9.87. The maximum atomic E-state index is 12.4. The van der Waals surface area contributed by atoms with E-state index in [2.05, 4.69) is 11.8 Å². The number of nitrogen functional groups attached to an aromatic ring is 1. The minimum Gasteiger partial charge on any atom is -0.455 e. The van der Waals surface area contributed by atoms with Gasteiger partial charge in [-0.1, -0.05) is 43.1 Å². The van der Waals surface area contributed by atoms with Crippen molar-refractivity contribution >= 4 is 45.1 Å². The Bertz CT molecular complexity index is 1050. The van der Waals surface area contributed by atoms with E-state index in [0.29, 0.717) is 45.2 Å². The fourth-order valence-electron chi connectivity index (χ4n) is 4.54. The number of nitrogens with two attached hydrogens (primary N) is 2. The number of furan rings is 1. The summed E-state index contributed by atoms with van der Waals surface area (Å²) >= 11 is 6.71. The normalized spacial score (nSPS) is 16.1. The van der Waals surface area contributed by atoms with Crippen LogP contribution in [0, 0.1) is 5.92 Å². The molecule has 2 heterocycles. The molecule has 29 heavy (non-hydrogen) atoms. The third-order valence-electron chi connectivity index (χ3n) is 6.17. The molecule has 0 spiro atoms. The smallest absolute Gasteiger partial charge is 0.252 e. The molecule has 1 aliphatic rings. The largest absolute Gasteiger partial charge is 0.455 e. The molecule has 1 amide bonds. The summed E-state index contributed by atoms with van der Waals surface area (Å²) in [6, 6.07) is 7.58. The number of carbonyl (C=O) groups is 1. The van der Waals surface area contributed by atoms with Crippen LogP contribution in [-0.2, 0) is 6.42 Å². The number of benzene rings is 2. The van der Waals surface area contributed by atoms with Crippen LogP contribution in [0.2, 0.25) is 5.02 Å². The zero-order valence-corrected chi connectivity index (χ0v) is 17.6. The van der Waals surface area contributed by atoms with E-state index in [1.807, 2.05) is 24.3 Å². The number of anilines is 1. The van der Waals surface area contributed by atoms with Gasteiger partial charge in [-0.05, 0) is 62.9 Å². The van der Waals surface area contributed by atoms with E-state index in [4.69, 9.17) is 27.5 Å². The maximum Gasteiger partial charge on any atom is 0.252 e. The number of para-hydroxylation sites is 1. The molecule has 1 fully saturated rings. The highest BCUT2D eigenvalue weighted by Crippen LogP contribution is 2.43. The van der Waals surface area contributed by atoms with Crippen LogP contribution in [0.3, 0.4) is 0 Å². The van der Waals surface area contributed by atoms with Crippen molar-refractivity contribution in [3.8, 4) is 0 Å². The molecule has 0 aliphatic carbocycles. The third-order valence-corrected chi connectivity index (χ3v) is 6.60. The van der Waals surface area contributed by atoms with Gasteiger partial charge in [-0.15, -0.1) is 0 Å². The molecule has 4 N–H and O–H groups in total. The van der Waals surface area contributed by atoms with Crippen LogP contribution in [0.4, 0.5) is 5.69 Å². The average Bonchev–Trinajstić information content (AvgIpc) is 3.10. The molecule has 1 aliphatic heterocycles. The van der Waals surface area contributed by atoms with Gasteiger partial charge in [-0.2, -0.15) is 0 Å². The Morgan fingerprint density at radius 1 is 1.28 bits per heavy atom. The standard InChI is InChI=1S/C23H28ClN3O2/c1-2-3-10-27-11-8-14(9-12-27)13-16-19(23(26)28)22-18(21(25)20(16)24)15-6-4-5-7-17(15)29-22/h4-7,14H,2-3,8-13,25H2,1H3,(H2,26,28). The summed E-state index contributed by atoms with van der Waals surface area (Å²) in [5.74, 6) is -0.0731. The number of nitrogens with zero attached hydrogens (tertiary/aromatic N) is 1. The molecule has 0 bridgehead atoms. The van der Waals surface area contributed by atoms with Crippen LogP contribution in [-0.4, -0.2) is 30.4 Å². The van der Waals surface area contributed by atoms with Crippen LogP contribution in [0.15, 0.2) is 28.7 Å². The zero-order valence-electron chi connectivity index (χ0n) is 16.8. The molecule has 4 rings (SSSR count). The molecule has 1 saturated heterocycles. The fraction of sp³-hybridized carbons (Fsp3) is 0.435. The Kier molecular flexibility index (Phi) is 5.70. The van der Waals surface area contributed by atoms with Crippen molar-refractivity contribution in [1.29, 1.82) is 0 Å². The van der Waals surface area contributed by atoms with E-state index in [9.17, 15) is 4.79 Å². The van der Waals surface area contributed by atoms with Crippen molar-refractivity contribution in [1.82, 2.24) is 4.90 Å². The number of fused-ring (bicyclic) bond motifs is 3. The minimum atomic E-state index is -0.522. The molecule has 5 nitrogen and oxygen atoms in total. The quantitative estimate of drug-likeness (QED) is 0.558. The van der Waals surface area contributed by atoms with Crippen molar-refractivity contribution in [2.45, 2.75) is 39.0 Å². The summed E-state index contributed by atoms with van der Waals surface area (Å²) in [6.07, 6.45) is 5.30. The first-order valence-corrected chi connectivity index (χ1v) is 10.8. The number of carbonyl (C=O) groups excluding carboxylic acids is 1. The monoisotopic (exact) mass is 413 g/mol. The molecule has 3 aromatic rings. The Balaban J connectivity index is 1.71. The average molecular weight is 414 g/mol. The first-order valence-electron chi connectivity index (χ1n) is 10.4. The summed E-state index contributed by atoms with van der Waals surface area (Å²) in [5.41, 5.74) is 14.9. The Morgan fingerprint density at radius 3 is 2.69 bits per heavy atom. The van der Waals surface area contributed by atoms with Gasteiger partial charge >= 0.3 is 0 Å². The first kappa shape index (κ1) is 20.0. The van der Waals surface area contributed by atoms with Crippen LogP contribution in [0.25, 0.3) is 21.9 Å². The van der Waals surface area contributed by atoms with Gasteiger partial charge in [0.25, 0.3) is 5.91 Å². The van der Waals surface area contributed by atoms with Crippen molar-refractivity contribution in [2.24, 2.45) is 11.7 Å². The highest BCUT2D eigenvalue weighted by Gasteiger charge is 2.28. The summed E-state index contributed by atoms with van der Waals surface area (Å²) in [5, 5.41) is 1.96. The summed E-state index contributed by atoms with van der Waals surface area (Å²) < 4.78 is 6.02. The van der Waals surface area contributed by atoms with E-state index in [1.54, 1.807) is 0 Å². The van der Waals surface area contributed by atoms with Crippen molar-refractivity contribution in [3.05, 3.63) is 40.4 Å². The third kappa shape index (κ3) is 3.69. The fourth-order valence-corrected chi connectivity index (χ4v) is 4.81. The van der Waals surface area contributed by atoms with Gasteiger partial charge in [0, 0.05) is 5.39 Å². The number of likely N-dealkylation sites (tertiary alicyclic amines) is 1. The molecule has 1 aromatic heterocycles. The lowest BCUT2D eigenvalue weighted by Crippen LogP contribution is -2.35. The lowest BCUT2D eigenvalue weighted by molar-refractivity contribution is 0.0999. The number of halogens is 1. The number of hydrogen-bond donors (Lipinski definition) is 2. The van der Waals surface area contributed by atoms with Crippen molar-refractivity contribution in [3.63, 3.8) is 0 Å². The van der Waals surface area contributed by atoms with E-state index in [0.717, 1.165) is 43.4 Å². The summed E-state index contributed by atoms with van der Waals surface area (Å²) in [4.78, 5) is 15.0. The van der Waals surface area contributed by atoms with Gasteiger partial charge in [0.05, 0.1) is 21.7 Å². The van der Waals surface area contributed by atoms with Gasteiger partial charge < -0.3 is 20.8 Å². The molecular formula is C23H28ClN3O2. The number of unbranched alkanes of at least 4 members (excludes halogenated alkanes) is 1. The maximum absolute atomic E-state index is 12.4. The van der Waals surface area contributed by atoms with Gasteiger partial charge in [0.2, 0.25) is 0 Å². The molecule has 6 heteroatoms. The van der Waals surface area contributed by atoms with Gasteiger partial charge in [0.1, 0.15) is 5.58 Å². The van der Waals surface area contributed by atoms with E-state index in [-0.39, 0.29) is 0 Å². The Hall–Kier alpha value is -2.24. The van der Waals surface area contributed by atoms with E-state index >= 15 is 0 Å². The van der Waals surface area contributed by atoms with Gasteiger partial charge in [0.15, 0.2) is 5.58 Å². The highest BCUT2D eigenvalue weighted by molar-refractivity contribution is 6.37. The Labute approximate surface area is 176 Å². The van der Waals surface area contributed by atoms with Crippen molar-refractivity contribution in [2.75, 3.05) is 25.4 Å². The number of amides is 1. The number of piperidine rings is 1. The van der Waals surface area contributed by atoms with Gasteiger partial charge in [-0.3, -0.25) is 4.79 Å². The highest BCUT2D eigenvalue weighted by atomic mass is 35.5. The van der Waals surface area contributed by atoms with Crippen LogP contribution < -0.4 is 11.5 Å². The van der Waals surface area contributed by atoms with Gasteiger partial charge in [-0.25, -0.2) is 0 Å². The number of primary amides is 1. The molecule has 154 valence electrons. The van der Waals surface area contributed by atoms with E-state index in [1.165, 1.54) is 12.8 Å². The second-order valence-electron chi connectivity index (χ2n) is 8.09. The summed E-state index contributed by atoms with van der Waals surface area (Å²) in [7, 11) is 0. The number of hydrogen-bond acceptors (Lipinski definition) is 4. The second-order valence-corrected chi connectivity index (χ2v) is 8.47. The molecule has 0 atom stereocenters. The van der Waals surface area contributed by atoms with Crippen molar-refractivity contribution < 1.29 is 9.21 Å². The molecule has 2 aromatic carbocycles. The molecule has 0 radical (unpaired) electrons. The predicted octanol–water partition coefficient (Wildman–Crippen LogP) is 4.98. The van der Waals surface area contributed by atoms with Crippen LogP contribution in [0.5, 0.6) is 0 Å². The SMILES string of the molecule is CCCCN1CCC(Cc2c(Cl)c(N)c3c(oc4ccccc43)c2C(N)=O)CC1. The zero-order chi connectivity index (χ0) is 20.5. The minimum absolute atomic E-state index is 0.379. The van der Waals surface area contributed by atoms with Crippen LogP contribution >= 0.6 is 11.6 Å². The first-order chi connectivity index (χ1) is 14.0. The second kappa shape index (κ2) is 8.25. The molecular weight excluding hydrogens is 386 g/mol. The Morgan fingerprint density at radius 2 is 2.00 bits per heavy atom.